The molecule has 0 amide bonds. The highest BCUT2D eigenvalue weighted by molar-refractivity contribution is 5.88. The number of ether oxygens (including phenoxy) is 2. The number of hydrogen-bond acceptors (Lipinski definition) is 7. The number of aliphatic hydroxyl groups is 3. The fourth-order valence-electron chi connectivity index (χ4n) is 9.30. The molecule has 3 fully saturated rings. The number of allylic oxidation sites excluding steroid dienone is 2. The van der Waals surface area contributed by atoms with Crippen molar-refractivity contribution < 1.29 is 34.4 Å². The Morgan fingerprint density at radius 1 is 1.19 bits per heavy atom. The summed E-state index contributed by atoms with van der Waals surface area (Å²) in [4.78, 5) is 25.8. The summed E-state index contributed by atoms with van der Waals surface area (Å²) in [5.74, 6) is -1.71. The van der Waals surface area contributed by atoms with Crippen molar-refractivity contribution >= 4 is 11.8 Å². The van der Waals surface area contributed by atoms with E-state index in [0.717, 1.165) is 37.7 Å². The summed E-state index contributed by atoms with van der Waals surface area (Å²) in [5.41, 5.74) is 1.18. The Morgan fingerprint density at radius 3 is 2.58 bits per heavy atom. The summed E-state index contributed by atoms with van der Waals surface area (Å²) in [7, 11) is 0. The van der Waals surface area contributed by atoms with E-state index < -0.39 is 52.9 Å². The first-order chi connectivity index (χ1) is 16.8. The number of cyclic esters (lactones) is 1. The normalized spacial score (nSPS) is 48.9. The molecule has 0 aromatic rings. The minimum atomic E-state index is -1.80. The van der Waals surface area contributed by atoms with Crippen LogP contribution in [0.25, 0.3) is 0 Å². The molecule has 0 aromatic heterocycles. The predicted octanol–water partition coefficient (Wildman–Crippen LogP) is 2.86. The third kappa shape index (κ3) is 2.94. The molecule has 7 heteroatoms. The smallest absolute Gasteiger partial charge is 0.312 e. The number of hydrogen-bond donors (Lipinski definition) is 3. The van der Waals surface area contributed by atoms with Gasteiger partial charge >= 0.3 is 5.97 Å². The summed E-state index contributed by atoms with van der Waals surface area (Å²) >= 11 is 0. The van der Waals surface area contributed by atoms with Gasteiger partial charge < -0.3 is 24.8 Å². The number of Topliss-reactive ketones (excluding diaryl/α,β-unsaturated/α-hetero) is 1. The number of rotatable bonds is 3. The van der Waals surface area contributed by atoms with Crippen molar-refractivity contribution in [1.82, 2.24) is 0 Å². The van der Waals surface area contributed by atoms with E-state index in [9.17, 15) is 24.9 Å². The Morgan fingerprint density at radius 2 is 1.92 bits per heavy atom. The fourth-order valence-corrected chi connectivity index (χ4v) is 9.30. The quantitative estimate of drug-likeness (QED) is 0.511. The van der Waals surface area contributed by atoms with Gasteiger partial charge in [0.25, 0.3) is 0 Å². The number of fused-ring (bicyclic) bond motifs is 8. The van der Waals surface area contributed by atoms with Crippen LogP contribution in [0, 0.1) is 34.5 Å². The lowest BCUT2D eigenvalue weighted by molar-refractivity contribution is -0.179. The van der Waals surface area contributed by atoms with Crippen LogP contribution >= 0.6 is 0 Å². The standard InChI is InChI=1S/C29H40O7/c1-13(2)29(34,14(3)30)25-24-21(26(33)36-25)23-20(35-24)11-18-17-7-6-15-10-16(31)8-9-27(15,4)22(17)19(32)12-28(18,23)5/h11,13,15-16,19-21,23-25,31-32,34H,6-10,12H2,1-5H3. The zero-order chi connectivity index (χ0) is 25.9. The van der Waals surface area contributed by atoms with Gasteiger partial charge in [0.05, 0.1) is 24.2 Å². The SMILES string of the molecule is CC(=O)C(O)(C(C)C)C1OC(=O)C2C1OC1C=C3C4=C(C(O)CC3(C)C12)C1(C)CCC(O)CC1CC4. The first-order valence-corrected chi connectivity index (χ1v) is 13.8. The van der Waals surface area contributed by atoms with Gasteiger partial charge in [0.15, 0.2) is 17.5 Å². The van der Waals surface area contributed by atoms with Gasteiger partial charge in [-0.25, -0.2) is 0 Å². The molecule has 0 bridgehead atoms. The molecule has 6 rings (SSSR count). The van der Waals surface area contributed by atoms with E-state index in [-0.39, 0.29) is 23.5 Å². The van der Waals surface area contributed by atoms with Gasteiger partial charge in [0.2, 0.25) is 0 Å². The van der Waals surface area contributed by atoms with Crippen molar-refractivity contribution in [2.45, 2.75) is 109 Å². The van der Waals surface area contributed by atoms with Crippen LogP contribution in [0.3, 0.4) is 0 Å². The van der Waals surface area contributed by atoms with Crippen LogP contribution in [0.2, 0.25) is 0 Å². The molecule has 11 atom stereocenters. The average Bonchev–Trinajstić information content (AvgIpc) is 3.41. The highest BCUT2D eigenvalue weighted by Crippen LogP contribution is 2.67. The molecule has 11 unspecified atom stereocenters. The van der Waals surface area contributed by atoms with Crippen molar-refractivity contribution in [2.75, 3.05) is 0 Å². The summed E-state index contributed by atoms with van der Waals surface area (Å²) < 4.78 is 12.2. The number of carbonyl (C=O) groups excluding carboxylic acids is 2. The van der Waals surface area contributed by atoms with E-state index in [2.05, 4.69) is 19.9 Å². The van der Waals surface area contributed by atoms with E-state index >= 15 is 0 Å². The first kappa shape index (κ1) is 24.8. The largest absolute Gasteiger partial charge is 0.456 e. The number of ketones is 1. The Kier molecular flexibility index (Phi) is 5.33. The highest BCUT2D eigenvalue weighted by atomic mass is 16.6. The maximum absolute atomic E-state index is 13.3. The maximum atomic E-state index is 13.3. The topological polar surface area (TPSA) is 113 Å². The molecule has 1 saturated carbocycles. The van der Waals surface area contributed by atoms with Gasteiger partial charge in [0.1, 0.15) is 6.10 Å². The van der Waals surface area contributed by atoms with Crippen LogP contribution in [-0.2, 0) is 19.1 Å². The van der Waals surface area contributed by atoms with Crippen molar-refractivity contribution in [3.05, 3.63) is 22.8 Å². The number of esters is 1. The second kappa shape index (κ2) is 7.75. The number of carbonyl (C=O) groups is 2. The van der Waals surface area contributed by atoms with Crippen LogP contribution in [0.1, 0.15) is 73.1 Å². The minimum Gasteiger partial charge on any atom is -0.456 e. The Balaban J connectivity index is 1.39. The lowest BCUT2D eigenvalue weighted by atomic mass is 9.50. The summed E-state index contributed by atoms with van der Waals surface area (Å²) in [6.07, 6.45) is 4.02. The molecule has 0 spiro atoms. The second-order valence-electron chi connectivity index (χ2n) is 13.2. The van der Waals surface area contributed by atoms with Crippen LogP contribution < -0.4 is 0 Å². The lowest BCUT2D eigenvalue weighted by Crippen LogP contribution is -2.57. The van der Waals surface area contributed by atoms with Crippen LogP contribution in [0.4, 0.5) is 0 Å². The summed E-state index contributed by atoms with van der Waals surface area (Å²) in [6, 6.07) is 0. The number of aliphatic hydroxyl groups excluding tert-OH is 2. The molecular formula is C29H40O7. The molecule has 2 saturated heterocycles. The highest BCUT2D eigenvalue weighted by Gasteiger charge is 2.70. The van der Waals surface area contributed by atoms with Gasteiger partial charge in [-0.1, -0.05) is 33.8 Å². The molecule has 2 heterocycles. The zero-order valence-electron chi connectivity index (χ0n) is 22.0. The van der Waals surface area contributed by atoms with Crippen molar-refractivity contribution in [1.29, 1.82) is 0 Å². The zero-order valence-corrected chi connectivity index (χ0v) is 22.0. The molecule has 4 aliphatic carbocycles. The van der Waals surface area contributed by atoms with Gasteiger partial charge in [-0.05, 0) is 79.4 Å². The Bertz CT molecular complexity index is 1080. The summed E-state index contributed by atoms with van der Waals surface area (Å²) in [6.45, 7) is 9.25. The Labute approximate surface area is 212 Å². The molecule has 198 valence electrons. The monoisotopic (exact) mass is 500 g/mol. The fraction of sp³-hybridized carbons (Fsp3) is 0.793. The minimum absolute atomic E-state index is 0.123. The average molecular weight is 501 g/mol. The lowest BCUT2D eigenvalue weighted by Gasteiger charge is -2.55. The van der Waals surface area contributed by atoms with Crippen molar-refractivity contribution in [2.24, 2.45) is 34.5 Å². The van der Waals surface area contributed by atoms with Crippen molar-refractivity contribution in [3.8, 4) is 0 Å². The molecule has 36 heavy (non-hydrogen) atoms. The molecule has 0 radical (unpaired) electrons. The molecule has 2 aliphatic heterocycles. The molecular weight excluding hydrogens is 460 g/mol. The van der Waals surface area contributed by atoms with E-state index in [1.54, 1.807) is 13.8 Å². The molecule has 3 N–H and O–H groups in total. The van der Waals surface area contributed by atoms with Gasteiger partial charge in [-0.2, -0.15) is 0 Å². The van der Waals surface area contributed by atoms with Gasteiger partial charge in [0, 0.05) is 11.3 Å². The summed E-state index contributed by atoms with van der Waals surface area (Å²) in [5, 5.41) is 33.3. The third-order valence-electron chi connectivity index (χ3n) is 11.2. The second-order valence-corrected chi connectivity index (χ2v) is 13.2. The van der Waals surface area contributed by atoms with Crippen molar-refractivity contribution in [3.63, 3.8) is 0 Å². The van der Waals surface area contributed by atoms with Gasteiger partial charge in [-0.15, -0.1) is 0 Å². The van der Waals surface area contributed by atoms with Crippen LogP contribution in [0.15, 0.2) is 22.8 Å². The molecule has 7 nitrogen and oxygen atoms in total. The van der Waals surface area contributed by atoms with E-state index in [1.807, 2.05) is 0 Å². The van der Waals surface area contributed by atoms with Crippen LogP contribution in [0.5, 0.6) is 0 Å². The maximum Gasteiger partial charge on any atom is 0.312 e. The Hall–Kier alpha value is -1.54. The third-order valence-corrected chi connectivity index (χ3v) is 11.2. The van der Waals surface area contributed by atoms with E-state index in [4.69, 9.17) is 9.47 Å². The first-order valence-electron chi connectivity index (χ1n) is 13.8. The molecule has 6 aliphatic rings. The van der Waals surface area contributed by atoms with Gasteiger partial charge in [-0.3, -0.25) is 9.59 Å². The molecule has 0 aromatic carbocycles. The van der Waals surface area contributed by atoms with E-state index in [0.29, 0.717) is 12.3 Å². The van der Waals surface area contributed by atoms with E-state index in [1.165, 1.54) is 18.1 Å². The predicted molar refractivity (Wildman–Crippen MR) is 131 cm³/mol. The van der Waals surface area contributed by atoms with Crippen LogP contribution in [-0.4, -0.2) is 63.2 Å².